The number of rotatable bonds is 12. The molecule has 2 aromatic rings. The summed E-state index contributed by atoms with van der Waals surface area (Å²) in [7, 11) is -3.43. The van der Waals surface area contributed by atoms with Gasteiger partial charge in [-0.05, 0) is 35.7 Å². The Labute approximate surface area is 159 Å². The van der Waals surface area contributed by atoms with Crippen LogP contribution in [0.15, 0.2) is 47.4 Å². The zero-order valence-corrected chi connectivity index (χ0v) is 17.1. The highest BCUT2D eigenvalue weighted by Crippen LogP contribution is 2.23. The number of hydrogen-bond acceptors (Lipinski definition) is 2. The lowest BCUT2D eigenvalue weighted by molar-refractivity contribution is 0.386. The molecule has 2 rings (SSSR count). The van der Waals surface area contributed by atoms with Gasteiger partial charge in [0.1, 0.15) is 0 Å². The van der Waals surface area contributed by atoms with Crippen LogP contribution in [0.5, 0.6) is 0 Å². The van der Waals surface area contributed by atoms with Crippen LogP contribution in [0.25, 0.3) is 10.8 Å². The Balaban J connectivity index is 2.17. The molecule has 0 heterocycles. The Morgan fingerprint density at radius 1 is 0.731 bits per heavy atom. The van der Waals surface area contributed by atoms with Gasteiger partial charge in [-0.15, -0.1) is 0 Å². The Morgan fingerprint density at radius 3 is 1.88 bits per heavy atom. The fraction of sp³-hybridized carbons (Fsp3) is 0.545. The third-order valence-electron chi connectivity index (χ3n) is 4.88. The van der Waals surface area contributed by atoms with Gasteiger partial charge in [0.15, 0.2) is 0 Å². The average Bonchev–Trinajstić information content (AvgIpc) is 2.66. The summed E-state index contributed by atoms with van der Waals surface area (Å²) in [6.07, 6.45) is 8.72. The molecule has 0 unspecified atom stereocenters. The standard InChI is InChI=1S/C22H33NO2S/c1-3-5-7-11-17-23(18-12-8-6-4-2)26(24,25)22-16-15-20-13-9-10-14-21(20)19-22/h9-10,13-16,19H,3-8,11-12,17-18H2,1-2H3. The second-order valence-corrected chi connectivity index (χ2v) is 8.97. The lowest BCUT2D eigenvalue weighted by Gasteiger charge is -2.22. The summed E-state index contributed by atoms with van der Waals surface area (Å²) in [5.41, 5.74) is 0. The van der Waals surface area contributed by atoms with Gasteiger partial charge in [-0.25, -0.2) is 8.42 Å². The van der Waals surface area contributed by atoms with Crippen LogP contribution in [0.4, 0.5) is 0 Å². The van der Waals surface area contributed by atoms with E-state index in [9.17, 15) is 8.42 Å². The predicted octanol–water partition coefficient (Wildman–Crippen LogP) is 5.99. The highest BCUT2D eigenvalue weighted by molar-refractivity contribution is 7.89. The topological polar surface area (TPSA) is 37.4 Å². The molecule has 2 aromatic carbocycles. The minimum absolute atomic E-state index is 0.419. The van der Waals surface area contributed by atoms with Crippen molar-refractivity contribution in [2.45, 2.75) is 70.1 Å². The van der Waals surface area contributed by atoms with Crippen molar-refractivity contribution in [3.05, 3.63) is 42.5 Å². The molecule has 3 nitrogen and oxygen atoms in total. The number of sulfonamides is 1. The molecule has 144 valence electrons. The summed E-state index contributed by atoms with van der Waals surface area (Å²) in [5.74, 6) is 0. The molecule has 0 radical (unpaired) electrons. The maximum atomic E-state index is 13.2. The maximum absolute atomic E-state index is 13.2. The summed E-state index contributed by atoms with van der Waals surface area (Å²) in [6.45, 7) is 5.60. The molecule has 0 saturated carbocycles. The minimum Gasteiger partial charge on any atom is -0.207 e. The molecular formula is C22H33NO2S. The summed E-state index contributed by atoms with van der Waals surface area (Å²) in [5, 5.41) is 2.05. The van der Waals surface area contributed by atoms with Crippen LogP contribution >= 0.6 is 0 Å². The van der Waals surface area contributed by atoms with E-state index in [1.165, 1.54) is 12.8 Å². The predicted molar refractivity (Wildman–Crippen MR) is 111 cm³/mol. The Bertz CT molecular complexity index is 759. The first-order valence-corrected chi connectivity index (χ1v) is 11.5. The zero-order valence-electron chi connectivity index (χ0n) is 16.3. The van der Waals surface area contributed by atoms with Crippen LogP contribution in [0.1, 0.15) is 65.2 Å². The van der Waals surface area contributed by atoms with Gasteiger partial charge < -0.3 is 0 Å². The molecule has 0 saturated heterocycles. The number of benzene rings is 2. The number of fused-ring (bicyclic) bond motifs is 1. The first-order chi connectivity index (χ1) is 12.6. The van der Waals surface area contributed by atoms with E-state index in [0.717, 1.165) is 49.3 Å². The molecule has 4 heteroatoms. The highest BCUT2D eigenvalue weighted by Gasteiger charge is 2.23. The van der Waals surface area contributed by atoms with E-state index in [4.69, 9.17) is 0 Å². The summed E-state index contributed by atoms with van der Waals surface area (Å²) < 4.78 is 28.2. The van der Waals surface area contributed by atoms with E-state index < -0.39 is 10.0 Å². The smallest absolute Gasteiger partial charge is 0.207 e. The van der Waals surface area contributed by atoms with Crippen molar-refractivity contribution in [1.29, 1.82) is 0 Å². The van der Waals surface area contributed by atoms with Crippen molar-refractivity contribution in [3.8, 4) is 0 Å². The van der Waals surface area contributed by atoms with Crippen molar-refractivity contribution in [3.63, 3.8) is 0 Å². The van der Waals surface area contributed by atoms with Gasteiger partial charge >= 0.3 is 0 Å². The monoisotopic (exact) mass is 375 g/mol. The van der Waals surface area contributed by atoms with Gasteiger partial charge in [-0.2, -0.15) is 4.31 Å². The van der Waals surface area contributed by atoms with Crippen molar-refractivity contribution in [1.82, 2.24) is 4.31 Å². The number of unbranched alkanes of at least 4 members (excludes halogenated alkanes) is 6. The van der Waals surface area contributed by atoms with Gasteiger partial charge in [0, 0.05) is 13.1 Å². The largest absolute Gasteiger partial charge is 0.243 e. The molecule has 0 spiro atoms. The fourth-order valence-corrected chi connectivity index (χ4v) is 4.81. The van der Waals surface area contributed by atoms with Gasteiger partial charge in [0.2, 0.25) is 10.0 Å². The molecule has 0 fully saturated rings. The molecule has 0 bridgehead atoms. The van der Waals surface area contributed by atoms with Gasteiger partial charge in [-0.3, -0.25) is 0 Å². The van der Waals surface area contributed by atoms with Crippen molar-refractivity contribution < 1.29 is 8.42 Å². The molecular weight excluding hydrogens is 342 g/mol. The van der Waals surface area contributed by atoms with Gasteiger partial charge in [0.05, 0.1) is 4.90 Å². The first kappa shape index (κ1) is 20.9. The van der Waals surface area contributed by atoms with Gasteiger partial charge in [-0.1, -0.05) is 82.7 Å². The SMILES string of the molecule is CCCCCCN(CCCCCC)S(=O)(=O)c1ccc2ccccc2c1. The van der Waals surface area contributed by atoms with E-state index in [1.807, 2.05) is 36.4 Å². The van der Waals surface area contributed by atoms with Gasteiger partial charge in [0.25, 0.3) is 0 Å². The van der Waals surface area contributed by atoms with E-state index in [-0.39, 0.29) is 0 Å². The second-order valence-electron chi connectivity index (χ2n) is 7.03. The summed E-state index contributed by atoms with van der Waals surface area (Å²) in [6, 6.07) is 13.4. The lowest BCUT2D eigenvalue weighted by Crippen LogP contribution is -2.33. The van der Waals surface area contributed by atoms with E-state index in [2.05, 4.69) is 13.8 Å². The van der Waals surface area contributed by atoms with Crippen LogP contribution in [0.2, 0.25) is 0 Å². The van der Waals surface area contributed by atoms with E-state index in [0.29, 0.717) is 18.0 Å². The normalized spacial score (nSPS) is 12.1. The molecule has 0 amide bonds. The number of hydrogen-bond donors (Lipinski definition) is 0. The molecule has 0 aliphatic rings. The van der Waals surface area contributed by atoms with Crippen LogP contribution in [0.3, 0.4) is 0 Å². The van der Waals surface area contributed by atoms with Crippen molar-refractivity contribution in [2.24, 2.45) is 0 Å². The number of nitrogens with zero attached hydrogens (tertiary/aromatic N) is 1. The molecule has 0 N–H and O–H groups in total. The van der Waals surface area contributed by atoms with E-state index in [1.54, 1.807) is 10.4 Å². The highest BCUT2D eigenvalue weighted by atomic mass is 32.2. The Kier molecular flexibility index (Phi) is 8.60. The minimum atomic E-state index is -3.43. The van der Waals surface area contributed by atoms with Crippen LogP contribution in [-0.2, 0) is 10.0 Å². The van der Waals surface area contributed by atoms with Crippen molar-refractivity contribution in [2.75, 3.05) is 13.1 Å². The van der Waals surface area contributed by atoms with Crippen molar-refractivity contribution >= 4 is 20.8 Å². The third-order valence-corrected chi connectivity index (χ3v) is 6.78. The molecule has 0 atom stereocenters. The molecule has 0 aliphatic heterocycles. The second kappa shape index (κ2) is 10.7. The third kappa shape index (κ3) is 5.82. The summed E-state index contributed by atoms with van der Waals surface area (Å²) in [4.78, 5) is 0.419. The fourth-order valence-electron chi connectivity index (χ4n) is 3.26. The average molecular weight is 376 g/mol. The summed E-state index contributed by atoms with van der Waals surface area (Å²) >= 11 is 0. The molecule has 26 heavy (non-hydrogen) atoms. The first-order valence-electron chi connectivity index (χ1n) is 10.1. The maximum Gasteiger partial charge on any atom is 0.243 e. The van der Waals surface area contributed by atoms with Crippen LogP contribution in [0, 0.1) is 0 Å². The lowest BCUT2D eigenvalue weighted by atomic mass is 10.1. The Hall–Kier alpha value is -1.39. The Morgan fingerprint density at radius 2 is 1.31 bits per heavy atom. The van der Waals surface area contributed by atoms with Crippen LogP contribution < -0.4 is 0 Å². The molecule has 0 aliphatic carbocycles. The van der Waals surface area contributed by atoms with Crippen LogP contribution in [-0.4, -0.2) is 25.8 Å². The van der Waals surface area contributed by atoms with E-state index >= 15 is 0 Å². The zero-order chi connectivity index (χ0) is 18.8. The quantitative estimate of drug-likeness (QED) is 0.427. The molecule has 0 aromatic heterocycles.